The molecule has 1 aromatic carbocycles. The number of rotatable bonds is 2. The minimum atomic E-state index is -4.65. The Kier molecular flexibility index (Phi) is 3.19. The fourth-order valence-electron chi connectivity index (χ4n) is 0.917. The van der Waals surface area contributed by atoms with Gasteiger partial charge >= 0.3 is 6.18 Å². The van der Waals surface area contributed by atoms with Gasteiger partial charge in [0, 0.05) is 0 Å². The van der Waals surface area contributed by atoms with Gasteiger partial charge in [-0.2, -0.15) is 13.2 Å². The van der Waals surface area contributed by atoms with E-state index in [1.54, 1.807) is 30.3 Å². The first-order chi connectivity index (χ1) is 6.83. The van der Waals surface area contributed by atoms with Crippen molar-refractivity contribution in [2.24, 2.45) is 0 Å². The van der Waals surface area contributed by atoms with Gasteiger partial charge in [-0.1, -0.05) is 36.4 Å². The van der Waals surface area contributed by atoms with Gasteiger partial charge in [-0.05, 0) is 18.6 Å². The first-order valence-electron chi connectivity index (χ1n) is 4.36. The Morgan fingerprint density at radius 1 is 1.13 bits per heavy atom. The molecule has 4 heteroatoms. The van der Waals surface area contributed by atoms with E-state index in [0.717, 1.165) is 6.08 Å². The predicted octanol–water partition coefficient (Wildman–Crippen LogP) is 3.01. The monoisotopic (exact) mass is 216 g/mol. The van der Waals surface area contributed by atoms with E-state index in [1.807, 2.05) is 0 Å². The molecular weight excluding hydrogens is 205 g/mol. The van der Waals surface area contributed by atoms with Crippen LogP contribution in [0.25, 0.3) is 6.08 Å². The standard InChI is InChI=1S/C11H11F3O/c1-10(15,11(12,13)14)8-7-9-5-3-2-4-6-9/h2-8,15H,1H3/b8-7+/t10-/m1/s1. The van der Waals surface area contributed by atoms with Gasteiger partial charge in [0.2, 0.25) is 0 Å². The van der Waals surface area contributed by atoms with Crippen LogP contribution in [0.3, 0.4) is 0 Å². The van der Waals surface area contributed by atoms with Crippen LogP contribution in [0.5, 0.6) is 0 Å². The van der Waals surface area contributed by atoms with Gasteiger partial charge in [0.15, 0.2) is 5.60 Å². The van der Waals surface area contributed by atoms with Crippen molar-refractivity contribution in [3.8, 4) is 0 Å². The van der Waals surface area contributed by atoms with Gasteiger partial charge in [-0.15, -0.1) is 0 Å². The summed E-state index contributed by atoms with van der Waals surface area (Å²) >= 11 is 0. The van der Waals surface area contributed by atoms with Crippen molar-refractivity contribution in [3.63, 3.8) is 0 Å². The molecular formula is C11H11F3O. The quantitative estimate of drug-likeness (QED) is 0.805. The van der Waals surface area contributed by atoms with Gasteiger partial charge in [0.05, 0.1) is 0 Å². The van der Waals surface area contributed by atoms with Crippen LogP contribution in [0, 0.1) is 0 Å². The first-order valence-corrected chi connectivity index (χ1v) is 4.36. The van der Waals surface area contributed by atoms with Crippen LogP contribution in [-0.4, -0.2) is 16.9 Å². The van der Waals surface area contributed by atoms with E-state index < -0.39 is 11.8 Å². The topological polar surface area (TPSA) is 20.2 Å². The first kappa shape index (κ1) is 11.8. The van der Waals surface area contributed by atoms with E-state index in [0.29, 0.717) is 12.5 Å². The molecule has 0 radical (unpaired) electrons. The van der Waals surface area contributed by atoms with Crippen LogP contribution in [-0.2, 0) is 0 Å². The van der Waals surface area contributed by atoms with E-state index in [2.05, 4.69) is 0 Å². The minimum Gasteiger partial charge on any atom is -0.377 e. The number of aliphatic hydroxyl groups is 1. The molecule has 15 heavy (non-hydrogen) atoms. The minimum absolute atomic E-state index is 0.613. The molecule has 0 aromatic heterocycles. The zero-order valence-corrected chi connectivity index (χ0v) is 8.12. The SMILES string of the molecule is C[C@@](O)(/C=C/c1ccccc1)C(F)(F)F. The molecule has 0 fully saturated rings. The lowest BCUT2D eigenvalue weighted by molar-refractivity contribution is -0.232. The van der Waals surface area contributed by atoms with Gasteiger partial charge in [-0.3, -0.25) is 0 Å². The van der Waals surface area contributed by atoms with Crippen LogP contribution in [0.2, 0.25) is 0 Å². The average Bonchev–Trinajstić information content (AvgIpc) is 2.15. The summed E-state index contributed by atoms with van der Waals surface area (Å²) in [5.74, 6) is 0. The Balaban J connectivity index is 2.83. The molecule has 0 unspecified atom stereocenters. The molecule has 0 bridgehead atoms. The van der Waals surface area contributed by atoms with Crippen LogP contribution >= 0.6 is 0 Å². The summed E-state index contributed by atoms with van der Waals surface area (Å²) in [7, 11) is 0. The molecule has 0 aliphatic carbocycles. The molecule has 0 heterocycles. The highest BCUT2D eigenvalue weighted by molar-refractivity contribution is 5.50. The summed E-state index contributed by atoms with van der Waals surface area (Å²) in [5, 5.41) is 9.10. The Hall–Kier alpha value is -1.29. The number of hydrogen-bond donors (Lipinski definition) is 1. The van der Waals surface area contributed by atoms with Crippen molar-refractivity contribution in [2.45, 2.75) is 18.7 Å². The summed E-state index contributed by atoms with van der Waals surface area (Å²) in [6, 6.07) is 8.50. The van der Waals surface area contributed by atoms with E-state index in [-0.39, 0.29) is 0 Å². The normalized spacial score (nSPS) is 16.6. The van der Waals surface area contributed by atoms with Gasteiger partial charge in [0.1, 0.15) is 0 Å². The second kappa shape index (κ2) is 4.06. The lowest BCUT2D eigenvalue weighted by atomic mass is 10.0. The Morgan fingerprint density at radius 2 is 1.67 bits per heavy atom. The van der Waals surface area contributed by atoms with Gasteiger partial charge in [-0.25, -0.2) is 0 Å². The molecule has 0 aliphatic heterocycles. The summed E-state index contributed by atoms with van der Waals surface area (Å²) in [6.45, 7) is 0.715. The third-order valence-corrected chi connectivity index (χ3v) is 1.97. The fourth-order valence-corrected chi connectivity index (χ4v) is 0.917. The number of alkyl halides is 3. The molecule has 1 nitrogen and oxygen atoms in total. The molecule has 82 valence electrons. The van der Waals surface area contributed by atoms with Crippen molar-refractivity contribution >= 4 is 6.08 Å². The predicted molar refractivity (Wildman–Crippen MR) is 52.2 cm³/mol. The maximum absolute atomic E-state index is 12.2. The molecule has 0 saturated carbocycles. The zero-order chi connectivity index (χ0) is 11.5. The summed E-state index contributed by atoms with van der Waals surface area (Å²) < 4.78 is 36.7. The molecule has 1 rings (SSSR count). The second-order valence-electron chi connectivity index (χ2n) is 3.39. The smallest absolute Gasteiger partial charge is 0.377 e. The zero-order valence-electron chi connectivity index (χ0n) is 8.12. The Morgan fingerprint density at radius 3 is 2.13 bits per heavy atom. The number of halogens is 3. The molecule has 1 atom stereocenters. The highest BCUT2D eigenvalue weighted by Crippen LogP contribution is 2.31. The van der Waals surface area contributed by atoms with E-state index in [9.17, 15) is 13.2 Å². The average molecular weight is 216 g/mol. The van der Waals surface area contributed by atoms with E-state index >= 15 is 0 Å². The molecule has 0 saturated heterocycles. The molecule has 1 aromatic rings. The van der Waals surface area contributed by atoms with Crippen LogP contribution in [0.4, 0.5) is 13.2 Å². The van der Waals surface area contributed by atoms with Gasteiger partial charge in [0.25, 0.3) is 0 Å². The lowest BCUT2D eigenvalue weighted by Crippen LogP contribution is -2.39. The Labute approximate surface area is 85.9 Å². The molecule has 0 aliphatic rings. The lowest BCUT2D eigenvalue weighted by Gasteiger charge is -2.22. The highest BCUT2D eigenvalue weighted by Gasteiger charge is 2.47. The second-order valence-corrected chi connectivity index (χ2v) is 3.39. The highest BCUT2D eigenvalue weighted by atomic mass is 19.4. The van der Waals surface area contributed by atoms with E-state index in [1.165, 1.54) is 6.08 Å². The van der Waals surface area contributed by atoms with Crippen molar-refractivity contribution in [1.29, 1.82) is 0 Å². The molecule has 0 spiro atoms. The maximum Gasteiger partial charge on any atom is 0.420 e. The van der Waals surface area contributed by atoms with Crippen LogP contribution in [0.15, 0.2) is 36.4 Å². The number of benzene rings is 1. The van der Waals surface area contributed by atoms with Crippen LogP contribution in [0.1, 0.15) is 12.5 Å². The molecule has 1 N–H and O–H groups in total. The fraction of sp³-hybridized carbons (Fsp3) is 0.273. The largest absolute Gasteiger partial charge is 0.420 e. The number of hydrogen-bond acceptors (Lipinski definition) is 1. The Bertz CT molecular complexity index is 339. The van der Waals surface area contributed by atoms with Crippen molar-refractivity contribution in [1.82, 2.24) is 0 Å². The maximum atomic E-state index is 12.2. The molecule has 0 amide bonds. The third kappa shape index (κ3) is 3.09. The van der Waals surface area contributed by atoms with Crippen molar-refractivity contribution in [2.75, 3.05) is 0 Å². The summed E-state index contributed by atoms with van der Waals surface area (Å²) in [4.78, 5) is 0. The third-order valence-electron chi connectivity index (χ3n) is 1.97. The van der Waals surface area contributed by atoms with Crippen LogP contribution < -0.4 is 0 Å². The summed E-state index contributed by atoms with van der Waals surface area (Å²) in [5.41, 5.74) is -2.18. The van der Waals surface area contributed by atoms with Gasteiger partial charge < -0.3 is 5.11 Å². The summed E-state index contributed by atoms with van der Waals surface area (Å²) in [6.07, 6.45) is -2.67. The van der Waals surface area contributed by atoms with Crippen molar-refractivity contribution < 1.29 is 18.3 Å². The van der Waals surface area contributed by atoms with Crippen molar-refractivity contribution in [3.05, 3.63) is 42.0 Å². The van der Waals surface area contributed by atoms with E-state index in [4.69, 9.17) is 5.11 Å².